The molecule has 1 aromatic rings. The zero-order chi connectivity index (χ0) is 11.3. The van der Waals surface area contributed by atoms with Gasteiger partial charge in [-0.05, 0) is 25.1 Å². The number of rotatable bonds is 5. The van der Waals surface area contributed by atoms with Crippen molar-refractivity contribution < 1.29 is 8.42 Å². The van der Waals surface area contributed by atoms with Crippen LogP contribution in [-0.2, 0) is 9.84 Å². The molecule has 84 valence electrons. The van der Waals surface area contributed by atoms with Gasteiger partial charge in [0.25, 0.3) is 0 Å². The van der Waals surface area contributed by atoms with E-state index >= 15 is 0 Å². The second-order valence-corrected chi connectivity index (χ2v) is 5.48. The molecule has 0 amide bonds. The molecule has 0 saturated heterocycles. The fourth-order valence-corrected chi connectivity index (χ4v) is 2.43. The molecule has 1 aromatic heterocycles. The number of aryl methyl sites for hydroxylation is 1. The molecule has 0 atom stereocenters. The third-order valence-electron chi connectivity index (χ3n) is 2.01. The number of pyridine rings is 1. The summed E-state index contributed by atoms with van der Waals surface area (Å²) in [6, 6.07) is 1.65. The van der Waals surface area contributed by atoms with Crippen molar-refractivity contribution in [3.05, 3.63) is 24.0 Å². The maximum Gasteiger partial charge on any atom is 0.181 e. The summed E-state index contributed by atoms with van der Waals surface area (Å²) in [4.78, 5) is 4.19. The summed E-state index contributed by atoms with van der Waals surface area (Å²) >= 11 is 0. The molecule has 0 spiro atoms. The summed E-state index contributed by atoms with van der Waals surface area (Å²) in [7, 11) is -3.18. The number of nitrogens with zero attached hydrogens (tertiary/aromatic N) is 1. The predicted molar refractivity (Wildman–Crippen MR) is 59.6 cm³/mol. The molecule has 0 fully saturated rings. The Kier molecular flexibility index (Phi) is 4.23. The Bertz CT molecular complexity index is 415. The van der Waals surface area contributed by atoms with E-state index in [1.807, 2.05) is 13.8 Å². The van der Waals surface area contributed by atoms with Crippen molar-refractivity contribution in [3.8, 4) is 0 Å². The Hall–Kier alpha value is -0.940. The molecule has 0 aliphatic carbocycles. The van der Waals surface area contributed by atoms with E-state index in [0.29, 0.717) is 11.4 Å². The topological polar surface area (TPSA) is 59.1 Å². The van der Waals surface area contributed by atoms with Gasteiger partial charge in [0.05, 0.1) is 10.6 Å². The van der Waals surface area contributed by atoms with Crippen molar-refractivity contribution in [3.63, 3.8) is 0 Å². The van der Waals surface area contributed by atoms with E-state index in [0.717, 1.165) is 12.1 Å². The van der Waals surface area contributed by atoms with Crippen molar-refractivity contribution in [1.82, 2.24) is 10.3 Å². The molecule has 0 aliphatic heterocycles. The zero-order valence-corrected chi connectivity index (χ0v) is 9.84. The average Bonchev–Trinajstić information content (AvgIpc) is 2.18. The summed E-state index contributed by atoms with van der Waals surface area (Å²) in [6.45, 7) is 5.03. The molecule has 5 heteroatoms. The Balaban J connectivity index is 2.77. The first-order chi connectivity index (χ1) is 7.06. The van der Waals surface area contributed by atoms with E-state index in [9.17, 15) is 8.42 Å². The van der Waals surface area contributed by atoms with Gasteiger partial charge in [-0.2, -0.15) is 0 Å². The van der Waals surface area contributed by atoms with Crippen LogP contribution in [0.15, 0.2) is 23.4 Å². The molecule has 0 radical (unpaired) electrons. The largest absolute Gasteiger partial charge is 0.316 e. The van der Waals surface area contributed by atoms with Gasteiger partial charge >= 0.3 is 0 Å². The van der Waals surface area contributed by atoms with E-state index < -0.39 is 9.84 Å². The Morgan fingerprint density at radius 3 is 2.73 bits per heavy atom. The van der Waals surface area contributed by atoms with Gasteiger partial charge in [0.2, 0.25) is 0 Å². The number of hydrogen-bond donors (Lipinski definition) is 1. The van der Waals surface area contributed by atoms with E-state index in [-0.39, 0.29) is 5.75 Å². The lowest BCUT2D eigenvalue weighted by Gasteiger charge is -2.04. The lowest BCUT2D eigenvalue weighted by atomic mass is 10.3. The standard InChI is InChI=1S/C10H16N2O2S/c1-3-11-4-5-15(13,14)10-6-9(2)7-12-8-10/h6-8,11H,3-5H2,1-2H3. The fraction of sp³-hybridized carbons (Fsp3) is 0.500. The summed E-state index contributed by atoms with van der Waals surface area (Å²) < 4.78 is 23.6. The maximum atomic E-state index is 11.8. The van der Waals surface area contributed by atoms with Gasteiger partial charge in [0, 0.05) is 18.9 Å². The fourth-order valence-electron chi connectivity index (χ4n) is 1.20. The first-order valence-corrected chi connectivity index (χ1v) is 6.56. The molecule has 1 N–H and O–H groups in total. The van der Waals surface area contributed by atoms with Gasteiger partial charge < -0.3 is 5.32 Å². The molecule has 1 heterocycles. The second-order valence-electron chi connectivity index (χ2n) is 3.37. The number of hydrogen-bond acceptors (Lipinski definition) is 4. The molecule has 0 aliphatic rings. The lowest BCUT2D eigenvalue weighted by molar-refractivity contribution is 0.591. The molecule has 0 aromatic carbocycles. The smallest absolute Gasteiger partial charge is 0.181 e. The molecular weight excluding hydrogens is 212 g/mol. The highest BCUT2D eigenvalue weighted by atomic mass is 32.2. The summed E-state index contributed by atoms with van der Waals surface area (Å²) in [5, 5.41) is 2.99. The minimum atomic E-state index is -3.18. The van der Waals surface area contributed by atoms with Crippen molar-refractivity contribution in [1.29, 1.82) is 0 Å². The van der Waals surface area contributed by atoms with Crippen LogP contribution >= 0.6 is 0 Å². The molecular formula is C10H16N2O2S. The van der Waals surface area contributed by atoms with Crippen LogP contribution in [0.4, 0.5) is 0 Å². The van der Waals surface area contributed by atoms with Crippen LogP contribution in [-0.4, -0.2) is 32.2 Å². The third kappa shape index (κ3) is 3.60. The average molecular weight is 228 g/mol. The van der Waals surface area contributed by atoms with Crippen LogP contribution in [0.5, 0.6) is 0 Å². The second kappa shape index (κ2) is 5.23. The minimum Gasteiger partial charge on any atom is -0.316 e. The van der Waals surface area contributed by atoms with Crippen LogP contribution in [0.2, 0.25) is 0 Å². The number of sulfone groups is 1. The van der Waals surface area contributed by atoms with Gasteiger partial charge in [-0.15, -0.1) is 0 Å². The quantitative estimate of drug-likeness (QED) is 0.756. The highest BCUT2D eigenvalue weighted by molar-refractivity contribution is 7.91. The molecule has 15 heavy (non-hydrogen) atoms. The first kappa shape index (κ1) is 12.1. The highest BCUT2D eigenvalue weighted by Crippen LogP contribution is 2.10. The monoisotopic (exact) mass is 228 g/mol. The van der Waals surface area contributed by atoms with Crippen molar-refractivity contribution >= 4 is 9.84 Å². The third-order valence-corrected chi connectivity index (χ3v) is 3.69. The van der Waals surface area contributed by atoms with Crippen LogP contribution in [0.25, 0.3) is 0 Å². The van der Waals surface area contributed by atoms with Gasteiger partial charge in [0.15, 0.2) is 9.84 Å². The normalized spacial score (nSPS) is 11.6. The Labute approximate surface area is 90.7 Å². The molecule has 0 saturated carbocycles. The number of nitrogens with one attached hydrogen (secondary N) is 1. The van der Waals surface area contributed by atoms with E-state index in [1.54, 1.807) is 12.3 Å². The van der Waals surface area contributed by atoms with Crippen molar-refractivity contribution in [2.24, 2.45) is 0 Å². The van der Waals surface area contributed by atoms with Crippen LogP contribution < -0.4 is 5.32 Å². The molecule has 0 bridgehead atoms. The number of aromatic nitrogens is 1. The molecule has 4 nitrogen and oxygen atoms in total. The van der Waals surface area contributed by atoms with Crippen molar-refractivity contribution in [2.45, 2.75) is 18.7 Å². The predicted octanol–water partition coefficient (Wildman–Crippen LogP) is 0.773. The minimum absolute atomic E-state index is 0.117. The Morgan fingerprint density at radius 1 is 1.40 bits per heavy atom. The van der Waals surface area contributed by atoms with Gasteiger partial charge in [-0.1, -0.05) is 6.92 Å². The Morgan fingerprint density at radius 2 is 2.13 bits per heavy atom. The first-order valence-electron chi connectivity index (χ1n) is 4.91. The van der Waals surface area contributed by atoms with Crippen molar-refractivity contribution in [2.75, 3.05) is 18.8 Å². The van der Waals surface area contributed by atoms with E-state index in [2.05, 4.69) is 10.3 Å². The SMILES string of the molecule is CCNCCS(=O)(=O)c1cncc(C)c1. The summed E-state index contributed by atoms with van der Waals surface area (Å²) in [5.74, 6) is 0.117. The maximum absolute atomic E-state index is 11.8. The van der Waals surface area contributed by atoms with Gasteiger partial charge in [-0.25, -0.2) is 8.42 Å². The summed E-state index contributed by atoms with van der Waals surface area (Å²) in [6.07, 6.45) is 3.04. The van der Waals surface area contributed by atoms with E-state index in [4.69, 9.17) is 0 Å². The van der Waals surface area contributed by atoms with Gasteiger partial charge in [0.1, 0.15) is 0 Å². The lowest BCUT2D eigenvalue weighted by Crippen LogP contribution is -2.22. The molecule has 1 rings (SSSR count). The van der Waals surface area contributed by atoms with Crippen LogP contribution in [0, 0.1) is 6.92 Å². The summed E-state index contributed by atoms with van der Waals surface area (Å²) in [5.41, 5.74) is 0.861. The highest BCUT2D eigenvalue weighted by Gasteiger charge is 2.13. The molecule has 0 unspecified atom stereocenters. The van der Waals surface area contributed by atoms with Gasteiger partial charge in [-0.3, -0.25) is 4.98 Å². The van der Waals surface area contributed by atoms with Crippen LogP contribution in [0.1, 0.15) is 12.5 Å². The van der Waals surface area contributed by atoms with Crippen LogP contribution in [0.3, 0.4) is 0 Å². The van der Waals surface area contributed by atoms with E-state index in [1.165, 1.54) is 6.20 Å². The zero-order valence-electron chi connectivity index (χ0n) is 9.03.